The highest BCUT2D eigenvalue weighted by Gasteiger charge is 2.30. The van der Waals surface area contributed by atoms with Gasteiger partial charge >= 0.3 is 0 Å². The largest absolute Gasteiger partial charge is 0.394 e. The Morgan fingerprint density at radius 3 is 2.85 bits per heavy atom. The monoisotopic (exact) mass is 384 g/mol. The fraction of sp³-hybridized carbons (Fsp3) is 0.238. The van der Waals surface area contributed by atoms with E-state index in [2.05, 4.69) is 4.98 Å². The average Bonchev–Trinajstić information content (AvgIpc) is 3.17. The molecular weight excluding hydrogens is 367 g/mol. The number of nitrogens with zero attached hydrogens (tertiary/aromatic N) is 2. The molecule has 1 atom stereocenters. The Morgan fingerprint density at radius 1 is 1.26 bits per heavy atom. The van der Waals surface area contributed by atoms with E-state index >= 15 is 0 Å². The Hall–Kier alpha value is -2.50. The summed E-state index contributed by atoms with van der Waals surface area (Å²) < 4.78 is 13.5. The van der Waals surface area contributed by atoms with Crippen LogP contribution in [0.5, 0.6) is 0 Å². The van der Waals surface area contributed by atoms with Crippen LogP contribution in [0.3, 0.4) is 0 Å². The molecule has 0 radical (unpaired) electrons. The van der Waals surface area contributed by atoms with Gasteiger partial charge in [-0.1, -0.05) is 29.8 Å². The van der Waals surface area contributed by atoms with Crippen LogP contribution >= 0.6 is 11.6 Å². The Kier molecular flexibility index (Phi) is 4.81. The summed E-state index contributed by atoms with van der Waals surface area (Å²) >= 11 is 5.92. The van der Waals surface area contributed by atoms with E-state index < -0.39 is 5.82 Å². The standard InChI is InChI=1S/C21H18ClFN2O2/c22-17-10-13(7-8-18(17)23)20-11-16(15-5-1-2-6-19(15)24-20)21(27)25-9-3-4-14(25)12-26/h1-2,5-8,10-11,14,26H,3-4,9,12H2/t14-/m0/s1. The molecule has 27 heavy (non-hydrogen) atoms. The van der Waals surface area contributed by atoms with Crippen LogP contribution in [0.4, 0.5) is 4.39 Å². The molecule has 138 valence electrons. The first-order valence-corrected chi connectivity index (χ1v) is 9.23. The number of rotatable bonds is 3. The van der Waals surface area contributed by atoms with Gasteiger partial charge in [0.05, 0.1) is 34.4 Å². The van der Waals surface area contributed by atoms with Crippen LogP contribution in [0.15, 0.2) is 48.5 Å². The minimum Gasteiger partial charge on any atom is -0.394 e. The van der Waals surface area contributed by atoms with Crippen molar-refractivity contribution in [3.8, 4) is 11.3 Å². The highest BCUT2D eigenvalue weighted by atomic mass is 35.5. The number of pyridine rings is 1. The van der Waals surface area contributed by atoms with E-state index in [0.717, 1.165) is 18.2 Å². The van der Waals surface area contributed by atoms with Crippen LogP contribution in [-0.4, -0.2) is 40.1 Å². The van der Waals surface area contributed by atoms with Gasteiger partial charge in [-0.3, -0.25) is 4.79 Å². The molecule has 0 bridgehead atoms. The summed E-state index contributed by atoms with van der Waals surface area (Å²) in [5.74, 6) is -0.625. The number of para-hydroxylation sites is 1. The highest BCUT2D eigenvalue weighted by Crippen LogP contribution is 2.30. The number of aromatic nitrogens is 1. The van der Waals surface area contributed by atoms with E-state index in [4.69, 9.17) is 11.6 Å². The number of halogens is 2. The second kappa shape index (κ2) is 7.25. The first-order valence-electron chi connectivity index (χ1n) is 8.85. The van der Waals surface area contributed by atoms with Crippen molar-refractivity contribution in [2.24, 2.45) is 0 Å². The molecule has 1 aliphatic heterocycles. The molecule has 0 unspecified atom stereocenters. The number of likely N-dealkylation sites (tertiary alicyclic amines) is 1. The maximum absolute atomic E-state index is 13.5. The van der Waals surface area contributed by atoms with Gasteiger partial charge < -0.3 is 10.0 Å². The van der Waals surface area contributed by atoms with Crippen molar-refractivity contribution in [3.63, 3.8) is 0 Å². The molecule has 1 fully saturated rings. The van der Waals surface area contributed by atoms with E-state index in [1.165, 1.54) is 12.1 Å². The topological polar surface area (TPSA) is 53.4 Å². The molecule has 4 rings (SSSR count). The third-order valence-electron chi connectivity index (χ3n) is 5.01. The maximum Gasteiger partial charge on any atom is 0.254 e. The van der Waals surface area contributed by atoms with Crippen LogP contribution in [0.25, 0.3) is 22.2 Å². The molecule has 3 aromatic rings. The number of amides is 1. The molecule has 1 aromatic heterocycles. The molecule has 1 saturated heterocycles. The van der Waals surface area contributed by atoms with Crippen LogP contribution in [0.1, 0.15) is 23.2 Å². The van der Waals surface area contributed by atoms with Crippen molar-refractivity contribution >= 4 is 28.4 Å². The molecule has 2 aromatic carbocycles. The molecule has 1 amide bonds. The number of carbonyl (C=O) groups is 1. The third-order valence-corrected chi connectivity index (χ3v) is 5.30. The summed E-state index contributed by atoms with van der Waals surface area (Å²) in [6.45, 7) is 0.577. The molecule has 0 aliphatic carbocycles. The van der Waals surface area contributed by atoms with Gasteiger partial charge in [-0.15, -0.1) is 0 Å². The number of benzene rings is 2. The van der Waals surface area contributed by atoms with Crippen molar-refractivity contribution in [2.75, 3.05) is 13.2 Å². The quantitative estimate of drug-likeness (QED) is 0.732. The van der Waals surface area contributed by atoms with Crippen molar-refractivity contribution in [2.45, 2.75) is 18.9 Å². The number of hydrogen-bond acceptors (Lipinski definition) is 3. The fourth-order valence-corrected chi connectivity index (χ4v) is 3.78. The van der Waals surface area contributed by atoms with Gasteiger partial charge in [0.1, 0.15) is 5.82 Å². The van der Waals surface area contributed by atoms with Crippen molar-refractivity contribution in [1.29, 1.82) is 0 Å². The van der Waals surface area contributed by atoms with Gasteiger partial charge in [0.2, 0.25) is 0 Å². The third kappa shape index (κ3) is 3.29. The first-order chi connectivity index (χ1) is 13.1. The lowest BCUT2D eigenvalue weighted by atomic mass is 10.0. The summed E-state index contributed by atoms with van der Waals surface area (Å²) in [4.78, 5) is 19.6. The maximum atomic E-state index is 13.5. The first kappa shape index (κ1) is 17.9. The minimum atomic E-state index is -0.500. The summed E-state index contributed by atoms with van der Waals surface area (Å²) in [6.07, 6.45) is 1.67. The normalized spacial score (nSPS) is 16.9. The smallest absolute Gasteiger partial charge is 0.254 e. The molecule has 1 aliphatic rings. The van der Waals surface area contributed by atoms with Gasteiger partial charge in [-0.05, 0) is 43.2 Å². The number of hydrogen-bond donors (Lipinski definition) is 1. The lowest BCUT2D eigenvalue weighted by Gasteiger charge is -2.24. The lowest BCUT2D eigenvalue weighted by molar-refractivity contribution is 0.0679. The van der Waals surface area contributed by atoms with Gasteiger partial charge in [0.15, 0.2) is 0 Å². The van der Waals surface area contributed by atoms with Crippen LogP contribution in [0.2, 0.25) is 5.02 Å². The second-order valence-corrected chi connectivity index (χ2v) is 7.09. The number of fused-ring (bicyclic) bond motifs is 1. The van der Waals surface area contributed by atoms with Crippen LogP contribution < -0.4 is 0 Å². The SMILES string of the molecule is O=C(c1cc(-c2ccc(F)c(Cl)c2)nc2ccccc12)N1CCC[C@H]1CO. The highest BCUT2D eigenvalue weighted by molar-refractivity contribution is 6.31. The zero-order chi connectivity index (χ0) is 19.0. The summed E-state index contributed by atoms with van der Waals surface area (Å²) in [5, 5.41) is 10.3. The van der Waals surface area contributed by atoms with E-state index in [0.29, 0.717) is 28.9 Å². The van der Waals surface area contributed by atoms with Crippen LogP contribution in [-0.2, 0) is 0 Å². The van der Waals surface area contributed by atoms with Crippen LogP contribution in [0, 0.1) is 5.82 Å². The fourth-order valence-electron chi connectivity index (χ4n) is 3.60. The van der Waals surface area contributed by atoms with Gasteiger partial charge in [0.25, 0.3) is 5.91 Å². The zero-order valence-electron chi connectivity index (χ0n) is 14.5. The molecule has 4 nitrogen and oxygen atoms in total. The summed E-state index contributed by atoms with van der Waals surface area (Å²) in [5.41, 5.74) is 2.40. The average molecular weight is 385 g/mol. The lowest BCUT2D eigenvalue weighted by Crippen LogP contribution is -2.37. The van der Waals surface area contributed by atoms with E-state index in [-0.39, 0.29) is 23.6 Å². The molecular formula is C21H18ClFN2O2. The Balaban J connectivity index is 1.86. The number of carbonyl (C=O) groups excluding carboxylic acids is 1. The Bertz CT molecular complexity index is 1020. The van der Waals surface area contributed by atoms with E-state index in [1.54, 1.807) is 17.0 Å². The van der Waals surface area contributed by atoms with Gasteiger partial charge in [-0.2, -0.15) is 0 Å². The Morgan fingerprint density at radius 2 is 2.07 bits per heavy atom. The number of aliphatic hydroxyl groups is 1. The zero-order valence-corrected chi connectivity index (χ0v) is 15.3. The van der Waals surface area contributed by atoms with Crippen molar-refractivity contribution in [1.82, 2.24) is 9.88 Å². The Labute approximate surface area is 161 Å². The predicted molar refractivity (Wildman–Crippen MR) is 103 cm³/mol. The second-order valence-electron chi connectivity index (χ2n) is 6.68. The molecule has 6 heteroatoms. The molecule has 0 saturated carbocycles. The minimum absolute atomic E-state index is 0.00947. The summed E-state index contributed by atoms with van der Waals surface area (Å²) in [7, 11) is 0. The van der Waals surface area contributed by atoms with E-state index in [1.807, 2.05) is 24.3 Å². The predicted octanol–water partition coefficient (Wildman–Crippen LogP) is 4.29. The van der Waals surface area contributed by atoms with Crippen molar-refractivity contribution in [3.05, 3.63) is 64.9 Å². The van der Waals surface area contributed by atoms with Gasteiger partial charge in [-0.25, -0.2) is 9.37 Å². The molecule has 1 N–H and O–H groups in total. The van der Waals surface area contributed by atoms with E-state index in [9.17, 15) is 14.3 Å². The summed E-state index contributed by atoms with van der Waals surface area (Å²) in [6, 6.07) is 13.4. The van der Waals surface area contributed by atoms with Gasteiger partial charge in [0, 0.05) is 17.5 Å². The molecule has 0 spiro atoms. The van der Waals surface area contributed by atoms with Crippen molar-refractivity contribution < 1.29 is 14.3 Å². The number of aliphatic hydroxyl groups excluding tert-OH is 1. The molecule has 2 heterocycles.